The smallest absolute Gasteiger partial charge is 0.129 e. The number of aromatic nitrogens is 1. The first kappa shape index (κ1) is 10.5. The number of aryl methyl sites for hydroxylation is 1. The Balaban J connectivity index is 2.98. The molecule has 0 saturated heterocycles. The lowest BCUT2D eigenvalue weighted by atomic mass is 10.2. The number of hydrogen-bond donors (Lipinski definition) is 1. The molecule has 0 radical (unpaired) electrons. The van der Waals surface area contributed by atoms with E-state index in [9.17, 15) is 0 Å². The fourth-order valence-electron chi connectivity index (χ4n) is 1.22. The van der Waals surface area contributed by atoms with Gasteiger partial charge in [-0.05, 0) is 19.1 Å². The van der Waals surface area contributed by atoms with Crippen LogP contribution < -0.4 is 10.6 Å². The molecular weight excluding hydrogens is 176 g/mol. The maximum Gasteiger partial charge on any atom is 0.129 e. The van der Waals surface area contributed by atoms with E-state index < -0.39 is 0 Å². The standard InChI is InChI=1S/C10H14N4/c1-8-5-9(7-12)6-10(13-8)14(2)4-3-11/h5-6H,3-4,11H2,1-2H3. The zero-order valence-electron chi connectivity index (χ0n) is 8.49. The van der Waals surface area contributed by atoms with Crippen molar-refractivity contribution in [2.45, 2.75) is 6.92 Å². The molecule has 74 valence electrons. The zero-order valence-corrected chi connectivity index (χ0v) is 8.49. The molecule has 2 N–H and O–H groups in total. The highest BCUT2D eigenvalue weighted by Gasteiger charge is 2.03. The third-order valence-electron chi connectivity index (χ3n) is 1.92. The highest BCUT2D eigenvalue weighted by molar-refractivity contribution is 5.45. The fourth-order valence-corrected chi connectivity index (χ4v) is 1.22. The van der Waals surface area contributed by atoms with E-state index in [2.05, 4.69) is 11.1 Å². The van der Waals surface area contributed by atoms with Crippen molar-refractivity contribution in [2.24, 2.45) is 5.73 Å². The quantitative estimate of drug-likeness (QED) is 0.760. The lowest BCUT2D eigenvalue weighted by Gasteiger charge is -2.17. The highest BCUT2D eigenvalue weighted by Crippen LogP contribution is 2.12. The molecule has 1 rings (SSSR count). The Morgan fingerprint density at radius 2 is 2.29 bits per heavy atom. The van der Waals surface area contributed by atoms with Crippen molar-refractivity contribution < 1.29 is 0 Å². The molecule has 0 aromatic carbocycles. The van der Waals surface area contributed by atoms with Crippen LogP contribution in [0.2, 0.25) is 0 Å². The van der Waals surface area contributed by atoms with Crippen LogP contribution in [0.4, 0.5) is 5.82 Å². The Morgan fingerprint density at radius 3 is 2.86 bits per heavy atom. The molecule has 0 aliphatic rings. The van der Waals surface area contributed by atoms with Crippen molar-refractivity contribution in [2.75, 3.05) is 25.0 Å². The van der Waals surface area contributed by atoms with E-state index in [1.54, 1.807) is 12.1 Å². The number of rotatable bonds is 3. The largest absolute Gasteiger partial charge is 0.358 e. The summed E-state index contributed by atoms with van der Waals surface area (Å²) in [6.45, 7) is 3.19. The van der Waals surface area contributed by atoms with Gasteiger partial charge in [0.05, 0.1) is 11.6 Å². The predicted molar refractivity (Wildman–Crippen MR) is 56.0 cm³/mol. The first-order chi connectivity index (χ1) is 6.67. The summed E-state index contributed by atoms with van der Waals surface area (Å²) in [5.74, 6) is 0.798. The lowest BCUT2D eigenvalue weighted by molar-refractivity contribution is 0.864. The highest BCUT2D eigenvalue weighted by atomic mass is 15.2. The van der Waals surface area contributed by atoms with Crippen LogP contribution in [0, 0.1) is 18.3 Å². The van der Waals surface area contributed by atoms with E-state index in [1.807, 2.05) is 18.9 Å². The molecule has 0 amide bonds. The molecule has 1 aromatic heterocycles. The molecule has 0 spiro atoms. The molecule has 4 heteroatoms. The van der Waals surface area contributed by atoms with Crippen LogP contribution in [-0.2, 0) is 0 Å². The van der Waals surface area contributed by atoms with Gasteiger partial charge in [0.25, 0.3) is 0 Å². The van der Waals surface area contributed by atoms with Crippen molar-refractivity contribution in [1.82, 2.24) is 4.98 Å². The normalized spacial score (nSPS) is 9.57. The van der Waals surface area contributed by atoms with Gasteiger partial charge in [-0.2, -0.15) is 5.26 Å². The average Bonchev–Trinajstić information content (AvgIpc) is 2.17. The van der Waals surface area contributed by atoms with Gasteiger partial charge in [-0.15, -0.1) is 0 Å². The van der Waals surface area contributed by atoms with Crippen LogP contribution in [0.25, 0.3) is 0 Å². The van der Waals surface area contributed by atoms with Gasteiger partial charge in [0.1, 0.15) is 5.82 Å². The van der Waals surface area contributed by atoms with Gasteiger partial charge >= 0.3 is 0 Å². The fraction of sp³-hybridized carbons (Fsp3) is 0.400. The minimum Gasteiger partial charge on any atom is -0.358 e. The Hall–Kier alpha value is -1.60. The first-order valence-corrected chi connectivity index (χ1v) is 4.47. The van der Waals surface area contributed by atoms with Gasteiger partial charge in [0.2, 0.25) is 0 Å². The maximum atomic E-state index is 8.78. The van der Waals surface area contributed by atoms with Gasteiger partial charge in [-0.25, -0.2) is 4.98 Å². The number of hydrogen-bond acceptors (Lipinski definition) is 4. The molecule has 1 aromatic rings. The molecule has 1 heterocycles. The molecule has 0 aliphatic carbocycles. The van der Waals surface area contributed by atoms with E-state index in [-0.39, 0.29) is 0 Å². The van der Waals surface area contributed by atoms with Gasteiger partial charge in [0, 0.05) is 25.8 Å². The van der Waals surface area contributed by atoms with Crippen molar-refractivity contribution in [1.29, 1.82) is 5.26 Å². The minimum absolute atomic E-state index is 0.577. The van der Waals surface area contributed by atoms with Gasteiger partial charge in [-0.1, -0.05) is 0 Å². The van der Waals surface area contributed by atoms with Crippen LogP contribution >= 0.6 is 0 Å². The molecule has 4 nitrogen and oxygen atoms in total. The molecule has 14 heavy (non-hydrogen) atoms. The van der Waals surface area contributed by atoms with E-state index in [4.69, 9.17) is 11.0 Å². The second-order valence-corrected chi connectivity index (χ2v) is 3.18. The monoisotopic (exact) mass is 190 g/mol. The summed E-state index contributed by atoms with van der Waals surface area (Å²) in [7, 11) is 1.91. The molecule has 0 fully saturated rings. The third-order valence-corrected chi connectivity index (χ3v) is 1.92. The number of likely N-dealkylation sites (N-methyl/N-ethyl adjacent to an activating group) is 1. The van der Waals surface area contributed by atoms with Crippen molar-refractivity contribution in [3.05, 3.63) is 23.4 Å². The van der Waals surface area contributed by atoms with Crippen LogP contribution in [0.3, 0.4) is 0 Å². The number of nitrogens with zero attached hydrogens (tertiary/aromatic N) is 3. The summed E-state index contributed by atoms with van der Waals surface area (Å²) in [6.07, 6.45) is 0. The maximum absolute atomic E-state index is 8.78. The summed E-state index contributed by atoms with van der Waals surface area (Å²) in [4.78, 5) is 6.26. The van der Waals surface area contributed by atoms with E-state index >= 15 is 0 Å². The zero-order chi connectivity index (χ0) is 10.6. The van der Waals surface area contributed by atoms with E-state index in [0.717, 1.165) is 18.1 Å². The van der Waals surface area contributed by atoms with Crippen LogP contribution in [0.5, 0.6) is 0 Å². The van der Waals surface area contributed by atoms with Crippen LogP contribution in [-0.4, -0.2) is 25.1 Å². The van der Waals surface area contributed by atoms with Crippen molar-refractivity contribution in [3.63, 3.8) is 0 Å². The average molecular weight is 190 g/mol. The second kappa shape index (κ2) is 4.58. The lowest BCUT2D eigenvalue weighted by Crippen LogP contribution is -2.25. The van der Waals surface area contributed by atoms with E-state index in [1.165, 1.54) is 0 Å². The molecular formula is C10H14N4. The summed E-state index contributed by atoms with van der Waals surface area (Å²) < 4.78 is 0. The third kappa shape index (κ3) is 2.44. The molecule has 0 atom stereocenters. The predicted octanol–water partition coefficient (Wildman–Crippen LogP) is 0.657. The second-order valence-electron chi connectivity index (χ2n) is 3.18. The Kier molecular flexibility index (Phi) is 3.43. The SMILES string of the molecule is Cc1cc(C#N)cc(N(C)CCN)n1. The molecule has 0 unspecified atom stereocenters. The Bertz CT molecular complexity index is 354. The van der Waals surface area contributed by atoms with Crippen molar-refractivity contribution >= 4 is 5.82 Å². The Morgan fingerprint density at radius 1 is 1.57 bits per heavy atom. The minimum atomic E-state index is 0.577. The van der Waals surface area contributed by atoms with Crippen LogP contribution in [0.1, 0.15) is 11.3 Å². The van der Waals surface area contributed by atoms with E-state index in [0.29, 0.717) is 12.1 Å². The van der Waals surface area contributed by atoms with Crippen molar-refractivity contribution in [3.8, 4) is 6.07 Å². The summed E-state index contributed by atoms with van der Waals surface area (Å²) in [5, 5.41) is 8.78. The summed E-state index contributed by atoms with van der Waals surface area (Å²) >= 11 is 0. The molecule has 0 saturated carbocycles. The van der Waals surface area contributed by atoms with Gasteiger partial charge in [-0.3, -0.25) is 0 Å². The first-order valence-electron chi connectivity index (χ1n) is 4.47. The topological polar surface area (TPSA) is 65.9 Å². The molecule has 0 bridgehead atoms. The number of nitrogens with two attached hydrogens (primary N) is 1. The summed E-state index contributed by atoms with van der Waals surface area (Å²) in [6, 6.07) is 5.64. The number of nitriles is 1. The van der Waals surface area contributed by atoms with Gasteiger partial charge in [0.15, 0.2) is 0 Å². The van der Waals surface area contributed by atoms with Gasteiger partial charge < -0.3 is 10.6 Å². The number of anilines is 1. The Labute approximate surface area is 84.0 Å². The molecule has 0 aliphatic heterocycles. The summed E-state index contributed by atoms with van der Waals surface area (Å²) in [5.41, 5.74) is 6.93. The van der Waals surface area contributed by atoms with Crippen LogP contribution in [0.15, 0.2) is 12.1 Å². The number of pyridine rings is 1.